The lowest BCUT2D eigenvalue weighted by atomic mass is 9.86. The van der Waals surface area contributed by atoms with Gasteiger partial charge in [0, 0.05) is 23.5 Å². The topological polar surface area (TPSA) is 33.3 Å². The summed E-state index contributed by atoms with van der Waals surface area (Å²) in [5.41, 5.74) is 1.21. The Hall–Kier alpha value is -0.870. The Morgan fingerprint density at radius 1 is 1.00 bits per heavy atom. The van der Waals surface area contributed by atoms with Gasteiger partial charge in [0.15, 0.2) is 0 Å². The zero-order valence-electron chi connectivity index (χ0n) is 15.1. The number of hydrogen-bond acceptors (Lipinski definition) is 4. The van der Waals surface area contributed by atoms with Gasteiger partial charge >= 0.3 is 0 Å². The minimum absolute atomic E-state index is 0.667. The third kappa shape index (κ3) is 6.21. The van der Waals surface area contributed by atoms with Crippen molar-refractivity contribution in [3.63, 3.8) is 0 Å². The van der Waals surface area contributed by atoms with E-state index in [0.717, 1.165) is 30.7 Å². The highest BCUT2D eigenvalue weighted by molar-refractivity contribution is 7.98. The zero-order chi connectivity index (χ0) is 16.8. The maximum Gasteiger partial charge on any atom is 0.119 e. The van der Waals surface area contributed by atoms with Crippen molar-refractivity contribution in [3.8, 4) is 5.75 Å². The Kier molecular flexibility index (Phi) is 6.73. The van der Waals surface area contributed by atoms with E-state index in [1.807, 2.05) is 11.9 Å². The molecule has 24 heavy (non-hydrogen) atoms. The molecule has 0 bridgehead atoms. The van der Waals surface area contributed by atoms with Crippen molar-refractivity contribution in [2.24, 2.45) is 11.8 Å². The summed E-state index contributed by atoms with van der Waals surface area (Å²) in [6.07, 6.45) is 7.94. The quantitative estimate of drug-likeness (QED) is 0.609. The molecule has 2 N–H and O–H groups in total. The molecule has 0 heterocycles. The van der Waals surface area contributed by atoms with E-state index >= 15 is 0 Å². The summed E-state index contributed by atoms with van der Waals surface area (Å²) >= 11 is 1.88. The summed E-state index contributed by atoms with van der Waals surface area (Å²) in [4.78, 5) is 0. The molecule has 0 saturated heterocycles. The molecule has 0 spiro atoms. The monoisotopic (exact) mass is 348 g/mol. The van der Waals surface area contributed by atoms with Gasteiger partial charge in [-0.2, -0.15) is 0 Å². The summed E-state index contributed by atoms with van der Waals surface area (Å²) in [5.74, 6) is 2.62. The first-order chi connectivity index (χ1) is 11.7. The minimum atomic E-state index is 0.667. The van der Waals surface area contributed by atoms with Gasteiger partial charge in [0.2, 0.25) is 0 Å². The van der Waals surface area contributed by atoms with E-state index in [-0.39, 0.29) is 0 Å². The fourth-order valence-electron chi connectivity index (χ4n) is 3.15. The molecule has 3 rings (SSSR count). The SMILES string of the molecule is CC(C)SNC1CCC(CNc2ccc(OCC3CC3)cc2)CC1. The summed E-state index contributed by atoms with van der Waals surface area (Å²) < 4.78 is 9.42. The molecule has 1 aromatic rings. The van der Waals surface area contributed by atoms with E-state index in [2.05, 4.69) is 48.2 Å². The fourth-order valence-corrected chi connectivity index (χ4v) is 3.85. The van der Waals surface area contributed by atoms with Crippen LogP contribution in [0.25, 0.3) is 0 Å². The normalized spacial score (nSPS) is 24.1. The molecule has 2 aliphatic carbocycles. The molecule has 1 aromatic carbocycles. The van der Waals surface area contributed by atoms with Crippen molar-refractivity contribution in [1.82, 2.24) is 4.72 Å². The Bertz CT molecular complexity index is 479. The van der Waals surface area contributed by atoms with Gasteiger partial charge in [0.05, 0.1) is 6.61 Å². The first-order valence-electron chi connectivity index (χ1n) is 9.57. The molecule has 0 radical (unpaired) electrons. The molecule has 2 aliphatic rings. The number of rotatable bonds is 9. The molecule has 2 saturated carbocycles. The molecule has 0 atom stereocenters. The Morgan fingerprint density at radius 2 is 1.67 bits per heavy atom. The average molecular weight is 349 g/mol. The molecule has 4 heteroatoms. The maximum absolute atomic E-state index is 5.79. The van der Waals surface area contributed by atoms with Gasteiger partial charge in [0.1, 0.15) is 5.75 Å². The van der Waals surface area contributed by atoms with E-state index < -0.39 is 0 Å². The number of nitrogens with one attached hydrogen (secondary N) is 2. The lowest BCUT2D eigenvalue weighted by Gasteiger charge is -2.29. The zero-order valence-corrected chi connectivity index (χ0v) is 15.9. The van der Waals surface area contributed by atoms with Gasteiger partial charge in [-0.05, 0) is 74.6 Å². The molecule has 0 amide bonds. The van der Waals surface area contributed by atoms with Crippen LogP contribution >= 0.6 is 11.9 Å². The van der Waals surface area contributed by atoms with Crippen molar-refractivity contribution < 1.29 is 4.74 Å². The largest absolute Gasteiger partial charge is 0.493 e. The minimum Gasteiger partial charge on any atom is -0.493 e. The summed E-state index contributed by atoms with van der Waals surface area (Å²) in [5, 5.41) is 4.27. The highest BCUT2D eigenvalue weighted by Crippen LogP contribution is 2.30. The highest BCUT2D eigenvalue weighted by Gasteiger charge is 2.22. The van der Waals surface area contributed by atoms with Crippen LogP contribution in [0.2, 0.25) is 0 Å². The third-order valence-corrected chi connectivity index (χ3v) is 5.89. The number of ether oxygens (including phenoxy) is 1. The summed E-state index contributed by atoms with van der Waals surface area (Å²) in [7, 11) is 0. The first-order valence-corrected chi connectivity index (χ1v) is 10.4. The van der Waals surface area contributed by atoms with Gasteiger partial charge in [-0.25, -0.2) is 0 Å². The number of hydrogen-bond donors (Lipinski definition) is 2. The molecule has 2 fully saturated rings. The van der Waals surface area contributed by atoms with Crippen LogP contribution in [0.1, 0.15) is 52.4 Å². The van der Waals surface area contributed by atoms with Crippen LogP contribution in [0.4, 0.5) is 5.69 Å². The van der Waals surface area contributed by atoms with Crippen LogP contribution in [0.3, 0.4) is 0 Å². The van der Waals surface area contributed by atoms with Crippen LogP contribution in [-0.4, -0.2) is 24.4 Å². The molecule has 134 valence electrons. The second-order valence-electron chi connectivity index (χ2n) is 7.66. The molecule has 0 aliphatic heterocycles. The van der Waals surface area contributed by atoms with E-state index in [0.29, 0.717) is 11.3 Å². The van der Waals surface area contributed by atoms with Crippen LogP contribution in [0.5, 0.6) is 5.75 Å². The molecular formula is C20H32N2OS. The van der Waals surface area contributed by atoms with E-state index in [9.17, 15) is 0 Å². The van der Waals surface area contributed by atoms with Crippen LogP contribution in [0, 0.1) is 11.8 Å². The van der Waals surface area contributed by atoms with Crippen LogP contribution in [-0.2, 0) is 0 Å². The van der Waals surface area contributed by atoms with Crippen molar-refractivity contribution in [1.29, 1.82) is 0 Å². The van der Waals surface area contributed by atoms with Gasteiger partial charge in [-0.1, -0.05) is 25.8 Å². The van der Waals surface area contributed by atoms with E-state index in [4.69, 9.17) is 4.74 Å². The molecular weight excluding hydrogens is 316 g/mol. The van der Waals surface area contributed by atoms with Gasteiger partial charge in [0.25, 0.3) is 0 Å². The predicted molar refractivity (Wildman–Crippen MR) is 105 cm³/mol. The first kappa shape index (κ1) is 17.9. The van der Waals surface area contributed by atoms with Crippen molar-refractivity contribution >= 4 is 17.6 Å². The Morgan fingerprint density at radius 3 is 2.29 bits per heavy atom. The summed E-state index contributed by atoms with van der Waals surface area (Å²) in [6, 6.07) is 9.18. The second kappa shape index (κ2) is 9.00. The standard InChI is InChI=1S/C20H32N2OS/c1-15(2)24-22-19-7-5-16(6-8-19)13-21-18-9-11-20(12-10-18)23-14-17-3-4-17/h9-12,15-17,19,21-22H,3-8,13-14H2,1-2H3. The van der Waals surface area contributed by atoms with Gasteiger partial charge < -0.3 is 10.1 Å². The highest BCUT2D eigenvalue weighted by atomic mass is 32.2. The van der Waals surface area contributed by atoms with Crippen molar-refractivity contribution in [2.75, 3.05) is 18.5 Å². The van der Waals surface area contributed by atoms with Crippen LogP contribution < -0.4 is 14.8 Å². The second-order valence-corrected chi connectivity index (χ2v) is 9.08. The average Bonchev–Trinajstić information content (AvgIpc) is 3.42. The van der Waals surface area contributed by atoms with E-state index in [1.165, 1.54) is 44.2 Å². The smallest absolute Gasteiger partial charge is 0.119 e. The van der Waals surface area contributed by atoms with Gasteiger partial charge in [-0.3, -0.25) is 4.72 Å². The molecule has 0 aromatic heterocycles. The van der Waals surface area contributed by atoms with Crippen LogP contribution in [0.15, 0.2) is 24.3 Å². The van der Waals surface area contributed by atoms with Crippen molar-refractivity contribution in [2.45, 2.75) is 63.7 Å². The number of anilines is 1. The Labute approximate surface area is 151 Å². The molecule has 0 unspecified atom stereocenters. The fraction of sp³-hybridized carbons (Fsp3) is 0.700. The number of benzene rings is 1. The molecule has 3 nitrogen and oxygen atoms in total. The summed E-state index contributed by atoms with van der Waals surface area (Å²) in [6.45, 7) is 6.47. The maximum atomic E-state index is 5.79. The lowest BCUT2D eigenvalue weighted by Crippen LogP contribution is -2.31. The predicted octanol–water partition coefficient (Wildman–Crippen LogP) is 5.09. The van der Waals surface area contributed by atoms with E-state index in [1.54, 1.807) is 0 Å². The Balaban J connectivity index is 1.32. The third-order valence-electron chi connectivity index (χ3n) is 4.95. The van der Waals surface area contributed by atoms with Gasteiger partial charge in [-0.15, -0.1) is 0 Å². The van der Waals surface area contributed by atoms with Crippen molar-refractivity contribution in [3.05, 3.63) is 24.3 Å². The lowest BCUT2D eigenvalue weighted by molar-refractivity contribution is 0.300.